The van der Waals surface area contributed by atoms with E-state index in [4.69, 9.17) is 11.6 Å². The zero-order valence-electron chi connectivity index (χ0n) is 12.9. The number of hydrazine groups is 1. The lowest BCUT2D eigenvalue weighted by Gasteiger charge is -2.17. The SMILES string of the molecule is O=C(NNS(=O)(=O)c1ccc2c(c1)CCCC2)c1ccc(Cl)cc1. The summed E-state index contributed by atoms with van der Waals surface area (Å²) in [5.74, 6) is -0.548. The average Bonchev–Trinajstić information content (AvgIpc) is 2.60. The molecule has 1 amide bonds. The molecule has 7 heteroatoms. The van der Waals surface area contributed by atoms with Crippen LogP contribution in [0.25, 0.3) is 0 Å². The number of nitrogens with one attached hydrogen (secondary N) is 2. The van der Waals surface area contributed by atoms with E-state index in [1.807, 2.05) is 6.07 Å². The third kappa shape index (κ3) is 3.77. The summed E-state index contributed by atoms with van der Waals surface area (Å²) in [7, 11) is -3.81. The molecule has 0 spiro atoms. The van der Waals surface area contributed by atoms with Crippen LogP contribution >= 0.6 is 11.6 Å². The Morgan fingerprint density at radius 3 is 2.33 bits per heavy atom. The van der Waals surface area contributed by atoms with Crippen molar-refractivity contribution in [1.82, 2.24) is 10.3 Å². The first kappa shape index (κ1) is 17.0. The first-order valence-electron chi connectivity index (χ1n) is 7.65. The van der Waals surface area contributed by atoms with E-state index in [2.05, 4.69) is 10.3 Å². The second kappa shape index (κ2) is 6.93. The molecular weight excluding hydrogens is 348 g/mol. The van der Waals surface area contributed by atoms with Crippen LogP contribution in [0.5, 0.6) is 0 Å². The van der Waals surface area contributed by atoms with Gasteiger partial charge in [-0.05, 0) is 73.2 Å². The molecule has 0 aromatic heterocycles. The zero-order chi connectivity index (χ0) is 17.2. The fourth-order valence-electron chi connectivity index (χ4n) is 2.72. The Morgan fingerprint density at radius 1 is 0.958 bits per heavy atom. The minimum Gasteiger partial charge on any atom is -0.273 e. The van der Waals surface area contributed by atoms with Crippen molar-refractivity contribution in [3.8, 4) is 0 Å². The van der Waals surface area contributed by atoms with Crippen molar-refractivity contribution in [3.63, 3.8) is 0 Å². The first-order valence-corrected chi connectivity index (χ1v) is 9.51. The van der Waals surface area contributed by atoms with Gasteiger partial charge in [0, 0.05) is 10.6 Å². The summed E-state index contributed by atoms with van der Waals surface area (Å²) in [6, 6.07) is 11.3. The van der Waals surface area contributed by atoms with Crippen molar-refractivity contribution >= 4 is 27.5 Å². The molecule has 0 heterocycles. The second-order valence-corrected chi connectivity index (χ2v) is 7.82. The van der Waals surface area contributed by atoms with E-state index in [-0.39, 0.29) is 4.90 Å². The van der Waals surface area contributed by atoms with Gasteiger partial charge in [-0.3, -0.25) is 10.2 Å². The second-order valence-electron chi connectivity index (χ2n) is 5.70. The summed E-state index contributed by atoms with van der Waals surface area (Å²) in [5, 5.41) is 0.501. The maximum Gasteiger partial charge on any atom is 0.266 e. The fraction of sp³-hybridized carbons (Fsp3) is 0.235. The molecule has 2 N–H and O–H groups in total. The minimum atomic E-state index is -3.81. The van der Waals surface area contributed by atoms with Crippen LogP contribution in [0.3, 0.4) is 0 Å². The highest BCUT2D eigenvalue weighted by Gasteiger charge is 2.18. The quantitative estimate of drug-likeness (QED) is 0.819. The molecule has 5 nitrogen and oxygen atoms in total. The van der Waals surface area contributed by atoms with Gasteiger partial charge in [-0.1, -0.05) is 17.7 Å². The predicted molar refractivity (Wildman–Crippen MR) is 92.3 cm³/mol. The minimum absolute atomic E-state index is 0.152. The lowest BCUT2D eigenvalue weighted by atomic mass is 9.92. The molecule has 0 bridgehead atoms. The molecule has 0 saturated heterocycles. The van der Waals surface area contributed by atoms with Gasteiger partial charge in [-0.25, -0.2) is 8.42 Å². The highest BCUT2D eigenvalue weighted by molar-refractivity contribution is 7.89. The van der Waals surface area contributed by atoms with Gasteiger partial charge in [0.25, 0.3) is 15.9 Å². The summed E-state index contributed by atoms with van der Waals surface area (Å²) in [4.78, 5) is 14.3. The Labute approximate surface area is 146 Å². The molecule has 126 valence electrons. The Hall–Kier alpha value is -1.89. The lowest BCUT2D eigenvalue weighted by Crippen LogP contribution is -2.41. The number of aryl methyl sites for hydroxylation is 2. The maximum atomic E-state index is 12.4. The fourth-order valence-corrected chi connectivity index (χ4v) is 3.74. The molecule has 24 heavy (non-hydrogen) atoms. The van der Waals surface area contributed by atoms with Crippen LogP contribution in [0.15, 0.2) is 47.4 Å². The van der Waals surface area contributed by atoms with Gasteiger partial charge >= 0.3 is 0 Å². The van der Waals surface area contributed by atoms with E-state index in [0.29, 0.717) is 10.6 Å². The van der Waals surface area contributed by atoms with Gasteiger partial charge in [0.1, 0.15) is 0 Å². The molecule has 2 aromatic rings. The number of fused-ring (bicyclic) bond motifs is 1. The molecule has 0 atom stereocenters. The summed E-state index contributed by atoms with van der Waals surface area (Å²) < 4.78 is 24.7. The number of sulfonamides is 1. The number of carbonyl (C=O) groups excluding carboxylic acids is 1. The van der Waals surface area contributed by atoms with Crippen molar-refractivity contribution in [2.75, 3.05) is 0 Å². The molecular formula is C17H17ClN2O3S. The number of hydrogen-bond acceptors (Lipinski definition) is 3. The van der Waals surface area contributed by atoms with Crippen LogP contribution in [0.4, 0.5) is 0 Å². The molecule has 1 aliphatic rings. The van der Waals surface area contributed by atoms with E-state index in [9.17, 15) is 13.2 Å². The van der Waals surface area contributed by atoms with E-state index in [1.54, 1.807) is 24.3 Å². The van der Waals surface area contributed by atoms with Gasteiger partial charge in [0.15, 0.2) is 0 Å². The number of carbonyl (C=O) groups is 1. The van der Waals surface area contributed by atoms with Crippen molar-refractivity contribution in [1.29, 1.82) is 0 Å². The van der Waals surface area contributed by atoms with Crippen molar-refractivity contribution in [2.24, 2.45) is 0 Å². The lowest BCUT2D eigenvalue weighted by molar-refractivity contribution is 0.0945. The molecule has 0 fully saturated rings. The molecule has 2 aromatic carbocycles. The Bertz CT molecular complexity index is 864. The van der Waals surface area contributed by atoms with Gasteiger partial charge in [-0.2, -0.15) is 0 Å². The Morgan fingerprint density at radius 2 is 1.62 bits per heavy atom. The number of benzene rings is 2. The molecule has 0 saturated carbocycles. The van der Waals surface area contributed by atoms with Crippen molar-refractivity contribution < 1.29 is 13.2 Å². The van der Waals surface area contributed by atoms with Gasteiger partial charge in [-0.15, -0.1) is 4.83 Å². The zero-order valence-corrected chi connectivity index (χ0v) is 14.5. The van der Waals surface area contributed by atoms with Crippen LogP contribution in [-0.4, -0.2) is 14.3 Å². The van der Waals surface area contributed by atoms with Crippen molar-refractivity contribution in [3.05, 3.63) is 64.2 Å². The van der Waals surface area contributed by atoms with Crippen LogP contribution in [0.1, 0.15) is 34.3 Å². The van der Waals surface area contributed by atoms with Gasteiger partial charge in [0.2, 0.25) is 0 Å². The monoisotopic (exact) mass is 364 g/mol. The molecule has 0 unspecified atom stereocenters. The highest BCUT2D eigenvalue weighted by atomic mass is 35.5. The van der Waals surface area contributed by atoms with Gasteiger partial charge in [0.05, 0.1) is 4.90 Å². The molecule has 1 aliphatic carbocycles. The normalized spacial score (nSPS) is 14.0. The van der Waals surface area contributed by atoms with Crippen LogP contribution in [0, 0.1) is 0 Å². The van der Waals surface area contributed by atoms with E-state index < -0.39 is 15.9 Å². The van der Waals surface area contributed by atoms with Gasteiger partial charge < -0.3 is 0 Å². The molecule has 3 rings (SSSR count). The largest absolute Gasteiger partial charge is 0.273 e. The molecule has 0 radical (unpaired) electrons. The number of halogens is 1. The predicted octanol–water partition coefficient (Wildman–Crippen LogP) is 2.84. The van der Waals surface area contributed by atoms with E-state index in [1.165, 1.54) is 17.7 Å². The third-order valence-corrected chi connectivity index (χ3v) is 5.53. The van der Waals surface area contributed by atoms with Crippen LogP contribution in [0.2, 0.25) is 5.02 Å². The number of hydrogen-bond donors (Lipinski definition) is 2. The average molecular weight is 365 g/mol. The smallest absolute Gasteiger partial charge is 0.266 e. The Kier molecular flexibility index (Phi) is 4.89. The van der Waals surface area contributed by atoms with Crippen molar-refractivity contribution in [2.45, 2.75) is 30.6 Å². The highest BCUT2D eigenvalue weighted by Crippen LogP contribution is 2.23. The summed E-state index contributed by atoms with van der Waals surface area (Å²) >= 11 is 5.76. The van der Waals surface area contributed by atoms with Crippen LogP contribution in [-0.2, 0) is 22.9 Å². The molecule has 0 aliphatic heterocycles. The summed E-state index contributed by atoms with van der Waals surface area (Å²) in [5.41, 5.74) is 4.79. The number of amides is 1. The third-order valence-electron chi connectivity index (χ3n) is 4.04. The topological polar surface area (TPSA) is 75.3 Å². The number of rotatable bonds is 4. The van der Waals surface area contributed by atoms with E-state index >= 15 is 0 Å². The Balaban J connectivity index is 1.72. The first-order chi connectivity index (χ1) is 11.5. The van der Waals surface area contributed by atoms with E-state index in [0.717, 1.165) is 31.2 Å². The maximum absolute atomic E-state index is 12.4. The summed E-state index contributed by atoms with van der Waals surface area (Å²) in [6.07, 6.45) is 4.07. The van der Waals surface area contributed by atoms with Crippen LogP contribution < -0.4 is 10.3 Å². The summed E-state index contributed by atoms with van der Waals surface area (Å²) in [6.45, 7) is 0. The standard InChI is InChI=1S/C17H17ClN2O3S/c18-15-8-5-13(6-9-15)17(21)19-20-24(22,23)16-10-7-12-3-1-2-4-14(12)11-16/h5-11,20H,1-4H2,(H,19,21).